The van der Waals surface area contributed by atoms with Crippen LogP contribution in [0.25, 0.3) is 10.9 Å². The lowest BCUT2D eigenvalue weighted by atomic mass is 10.1. The van der Waals surface area contributed by atoms with Crippen LogP contribution in [0.5, 0.6) is 0 Å². The van der Waals surface area contributed by atoms with E-state index in [9.17, 15) is 9.59 Å². The smallest absolute Gasteiger partial charge is 0.246 e. The zero-order chi connectivity index (χ0) is 17.6. The third-order valence-corrected chi connectivity index (χ3v) is 4.11. The summed E-state index contributed by atoms with van der Waals surface area (Å²) in [6, 6.07) is 15.1. The number of rotatable bonds is 6. The minimum Gasteiger partial charge on any atom is -0.324 e. The van der Waals surface area contributed by atoms with E-state index in [2.05, 4.69) is 17.3 Å². The van der Waals surface area contributed by atoms with E-state index in [1.54, 1.807) is 22.9 Å². The fourth-order valence-electron chi connectivity index (χ4n) is 2.76. The molecule has 2 aromatic carbocycles. The molecule has 25 heavy (non-hydrogen) atoms. The van der Waals surface area contributed by atoms with Gasteiger partial charge in [-0.2, -0.15) is 5.10 Å². The van der Waals surface area contributed by atoms with Crippen LogP contribution < -0.4 is 10.7 Å². The van der Waals surface area contributed by atoms with Crippen LogP contribution in [0, 0.1) is 0 Å². The number of unbranched alkanes of at least 4 members (excludes halogenated alkanes) is 1. The maximum atomic E-state index is 12.3. The van der Waals surface area contributed by atoms with E-state index in [0.29, 0.717) is 10.9 Å². The minimum atomic E-state index is -0.178. The molecule has 0 aliphatic carbocycles. The first-order chi connectivity index (χ1) is 12.2. The number of nitrogens with one attached hydrogen (secondary N) is 1. The molecule has 1 amide bonds. The third kappa shape index (κ3) is 4.12. The maximum Gasteiger partial charge on any atom is 0.246 e. The molecule has 0 radical (unpaired) electrons. The summed E-state index contributed by atoms with van der Waals surface area (Å²) in [5, 5.41) is 7.52. The van der Waals surface area contributed by atoms with Gasteiger partial charge in [-0.15, -0.1) is 0 Å². The lowest BCUT2D eigenvalue weighted by Gasteiger charge is -2.10. The molecule has 3 aromatic rings. The Kier molecular flexibility index (Phi) is 5.23. The van der Waals surface area contributed by atoms with Crippen molar-refractivity contribution in [3.63, 3.8) is 0 Å². The average Bonchev–Trinajstić information content (AvgIpc) is 2.64. The number of amides is 1. The first kappa shape index (κ1) is 16.9. The van der Waals surface area contributed by atoms with Crippen LogP contribution in [0.3, 0.4) is 0 Å². The SMILES string of the molecule is CCCCc1ccc(NC(=O)Cn2ncc(=O)c3ccccc32)cc1. The molecule has 5 nitrogen and oxygen atoms in total. The van der Waals surface area contributed by atoms with Crippen molar-refractivity contribution in [2.45, 2.75) is 32.7 Å². The maximum absolute atomic E-state index is 12.3. The summed E-state index contributed by atoms with van der Waals surface area (Å²) >= 11 is 0. The molecule has 0 saturated carbocycles. The zero-order valence-corrected chi connectivity index (χ0v) is 14.2. The molecule has 1 aromatic heterocycles. The van der Waals surface area contributed by atoms with E-state index in [-0.39, 0.29) is 17.9 Å². The van der Waals surface area contributed by atoms with Gasteiger partial charge in [0.2, 0.25) is 11.3 Å². The molecule has 5 heteroatoms. The van der Waals surface area contributed by atoms with Crippen LogP contribution in [-0.2, 0) is 17.8 Å². The van der Waals surface area contributed by atoms with Gasteiger partial charge in [0.25, 0.3) is 0 Å². The van der Waals surface area contributed by atoms with Crippen LogP contribution in [0.2, 0.25) is 0 Å². The third-order valence-electron chi connectivity index (χ3n) is 4.11. The van der Waals surface area contributed by atoms with Gasteiger partial charge in [0.1, 0.15) is 6.54 Å². The van der Waals surface area contributed by atoms with Crippen molar-refractivity contribution in [1.29, 1.82) is 0 Å². The Balaban J connectivity index is 1.71. The van der Waals surface area contributed by atoms with Crippen molar-refractivity contribution in [2.24, 2.45) is 0 Å². The van der Waals surface area contributed by atoms with E-state index in [1.807, 2.05) is 30.3 Å². The molecule has 0 atom stereocenters. The molecular weight excluding hydrogens is 314 g/mol. The monoisotopic (exact) mass is 335 g/mol. The average molecular weight is 335 g/mol. The molecule has 0 unspecified atom stereocenters. The predicted octanol–water partition coefficient (Wildman–Crippen LogP) is 3.38. The summed E-state index contributed by atoms with van der Waals surface area (Å²) in [5.74, 6) is -0.178. The normalized spacial score (nSPS) is 10.8. The Morgan fingerprint density at radius 2 is 1.88 bits per heavy atom. The van der Waals surface area contributed by atoms with Crippen molar-refractivity contribution in [3.05, 3.63) is 70.5 Å². The lowest BCUT2D eigenvalue weighted by molar-refractivity contribution is -0.116. The number of hydrogen-bond donors (Lipinski definition) is 1. The van der Waals surface area contributed by atoms with Gasteiger partial charge in [-0.1, -0.05) is 37.6 Å². The zero-order valence-electron chi connectivity index (χ0n) is 14.2. The molecule has 0 spiro atoms. The van der Waals surface area contributed by atoms with Crippen LogP contribution in [0.15, 0.2) is 59.5 Å². The largest absolute Gasteiger partial charge is 0.324 e. The second-order valence-corrected chi connectivity index (χ2v) is 6.03. The molecule has 1 heterocycles. The van der Waals surface area contributed by atoms with E-state index in [4.69, 9.17) is 0 Å². The van der Waals surface area contributed by atoms with E-state index >= 15 is 0 Å². The van der Waals surface area contributed by atoms with Gasteiger partial charge in [0, 0.05) is 11.1 Å². The summed E-state index contributed by atoms with van der Waals surface area (Å²) in [6.45, 7) is 2.22. The number of aryl methyl sites for hydroxylation is 1. The Labute approximate surface area is 146 Å². The number of anilines is 1. The highest BCUT2D eigenvalue weighted by molar-refractivity contribution is 5.91. The number of aromatic nitrogens is 2. The highest BCUT2D eigenvalue weighted by Gasteiger charge is 2.08. The molecular formula is C20H21N3O2. The van der Waals surface area contributed by atoms with Gasteiger partial charge in [0.15, 0.2) is 0 Å². The molecule has 1 N–H and O–H groups in total. The first-order valence-corrected chi connectivity index (χ1v) is 8.51. The van der Waals surface area contributed by atoms with E-state index < -0.39 is 0 Å². The quantitative estimate of drug-likeness (QED) is 0.751. The van der Waals surface area contributed by atoms with Crippen molar-refractivity contribution in [2.75, 3.05) is 5.32 Å². The highest BCUT2D eigenvalue weighted by Crippen LogP contribution is 2.12. The molecule has 128 valence electrons. The molecule has 0 aliphatic heterocycles. The second-order valence-electron chi connectivity index (χ2n) is 6.03. The van der Waals surface area contributed by atoms with E-state index in [1.165, 1.54) is 18.2 Å². The minimum absolute atomic E-state index is 0.0539. The fourth-order valence-corrected chi connectivity index (χ4v) is 2.76. The number of para-hydroxylation sites is 1. The number of benzene rings is 2. The summed E-state index contributed by atoms with van der Waals surface area (Å²) in [6.07, 6.45) is 4.63. The van der Waals surface area contributed by atoms with Crippen molar-refractivity contribution in [3.8, 4) is 0 Å². The fraction of sp³-hybridized carbons (Fsp3) is 0.250. The van der Waals surface area contributed by atoms with Gasteiger partial charge in [-0.25, -0.2) is 0 Å². The summed E-state index contributed by atoms with van der Waals surface area (Å²) in [5.41, 5.74) is 2.54. The Morgan fingerprint density at radius 3 is 2.64 bits per heavy atom. The van der Waals surface area contributed by atoms with Crippen LogP contribution >= 0.6 is 0 Å². The topological polar surface area (TPSA) is 64.0 Å². The summed E-state index contributed by atoms with van der Waals surface area (Å²) in [4.78, 5) is 24.2. The molecule has 0 aliphatic rings. The van der Waals surface area contributed by atoms with Crippen molar-refractivity contribution >= 4 is 22.5 Å². The lowest BCUT2D eigenvalue weighted by Crippen LogP contribution is -2.22. The molecule has 0 bridgehead atoms. The standard InChI is InChI=1S/C20H21N3O2/c1-2-3-6-15-9-11-16(12-10-15)22-20(25)14-23-18-8-5-4-7-17(18)19(24)13-21-23/h4-5,7-13H,2-3,6,14H2,1H3,(H,22,25). The van der Waals surface area contributed by atoms with Crippen LogP contribution in [-0.4, -0.2) is 15.7 Å². The van der Waals surface area contributed by atoms with Crippen molar-refractivity contribution in [1.82, 2.24) is 9.78 Å². The molecule has 0 fully saturated rings. The van der Waals surface area contributed by atoms with Gasteiger partial charge >= 0.3 is 0 Å². The number of fused-ring (bicyclic) bond motifs is 1. The van der Waals surface area contributed by atoms with Gasteiger partial charge in [-0.05, 0) is 42.7 Å². The number of carbonyl (C=O) groups is 1. The molecule has 0 saturated heterocycles. The molecule has 3 rings (SSSR count). The Hall–Kier alpha value is -2.95. The Bertz CT molecular complexity index is 930. The summed E-state index contributed by atoms with van der Waals surface area (Å²) < 4.78 is 1.54. The van der Waals surface area contributed by atoms with Crippen molar-refractivity contribution < 1.29 is 4.79 Å². The van der Waals surface area contributed by atoms with Gasteiger partial charge in [-0.3, -0.25) is 14.3 Å². The number of hydrogen-bond acceptors (Lipinski definition) is 3. The number of nitrogens with zero attached hydrogens (tertiary/aromatic N) is 2. The van der Waals surface area contributed by atoms with E-state index in [0.717, 1.165) is 18.5 Å². The van der Waals surface area contributed by atoms with Gasteiger partial charge < -0.3 is 5.32 Å². The predicted molar refractivity (Wildman–Crippen MR) is 99.7 cm³/mol. The first-order valence-electron chi connectivity index (χ1n) is 8.51. The van der Waals surface area contributed by atoms with Crippen LogP contribution in [0.4, 0.5) is 5.69 Å². The number of carbonyl (C=O) groups excluding carboxylic acids is 1. The van der Waals surface area contributed by atoms with Crippen LogP contribution in [0.1, 0.15) is 25.3 Å². The summed E-state index contributed by atoms with van der Waals surface area (Å²) in [7, 11) is 0. The highest BCUT2D eigenvalue weighted by atomic mass is 16.2. The van der Waals surface area contributed by atoms with Gasteiger partial charge in [0.05, 0.1) is 11.7 Å². The second kappa shape index (κ2) is 7.75. The Morgan fingerprint density at radius 1 is 1.12 bits per heavy atom.